The molecule has 0 radical (unpaired) electrons. The minimum Gasteiger partial charge on any atom is -0.323 e. The molecule has 0 fully saturated rings. The first-order valence-corrected chi connectivity index (χ1v) is 6.82. The van der Waals surface area contributed by atoms with Crippen molar-refractivity contribution < 1.29 is 9.18 Å². The molecular formula is C15H10BrFN2O. The Kier molecular flexibility index (Phi) is 3.36. The fourth-order valence-corrected chi connectivity index (χ4v) is 2.45. The molecule has 0 aliphatic carbocycles. The number of fused-ring (bicyclic) bond motifs is 1. The lowest BCUT2D eigenvalue weighted by molar-refractivity contribution is 0.0969. The van der Waals surface area contributed by atoms with E-state index in [9.17, 15) is 9.18 Å². The second-order valence-corrected chi connectivity index (χ2v) is 5.32. The molecule has 0 aliphatic heterocycles. The summed E-state index contributed by atoms with van der Waals surface area (Å²) in [5, 5.41) is 0. The van der Waals surface area contributed by atoms with Crippen molar-refractivity contribution in [2.45, 2.75) is 6.54 Å². The van der Waals surface area contributed by atoms with Crippen molar-refractivity contribution in [1.29, 1.82) is 0 Å². The van der Waals surface area contributed by atoms with E-state index in [2.05, 4.69) is 20.9 Å². The van der Waals surface area contributed by atoms with E-state index >= 15 is 0 Å². The summed E-state index contributed by atoms with van der Waals surface area (Å²) in [5.74, 6) is -0.797. The molecule has 0 N–H and O–H groups in total. The molecule has 1 heterocycles. The number of halogens is 2. The molecule has 0 saturated heterocycles. The van der Waals surface area contributed by atoms with Crippen molar-refractivity contribution in [2.24, 2.45) is 0 Å². The Hall–Kier alpha value is -2.01. The number of ketones is 1. The minimum absolute atomic E-state index is 0.0634. The van der Waals surface area contributed by atoms with Gasteiger partial charge in [0.2, 0.25) is 0 Å². The molecule has 3 aromatic rings. The number of benzene rings is 2. The van der Waals surface area contributed by atoms with E-state index in [0.717, 1.165) is 11.0 Å². The molecule has 0 saturated carbocycles. The zero-order valence-corrected chi connectivity index (χ0v) is 12.0. The lowest BCUT2D eigenvalue weighted by atomic mass is 10.1. The third-order valence-corrected chi connectivity index (χ3v) is 3.56. The summed E-state index contributed by atoms with van der Waals surface area (Å²) >= 11 is 3.24. The average molecular weight is 333 g/mol. The molecule has 0 amide bonds. The highest BCUT2D eigenvalue weighted by molar-refractivity contribution is 9.10. The molecule has 1 aromatic heterocycles. The zero-order chi connectivity index (χ0) is 14.1. The van der Waals surface area contributed by atoms with Crippen LogP contribution in [0, 0.1) is 5.82 Å². The second kappa shape index (κ2) is 5.17. The van der Waals surface area contributed by atoms with E-state index < -0.39 is 5.82 Å². The van der Waals surface area contributed by atoms with E-state index in [0.29, 0.717) is 4.47 Å². The molecule has 0 atom stereocenters. The van der Waals surface area contributed by atoms with Crippen LogP contribution < -0.4 is 0 Å². The number of Topliss-reactive ketones (excluding diaryl/α,β-unsaturated/α-hetero) is 1. The van der Waals surface area contributed by atoms with Crippen molar-refractivity contribution in [1.82, 2.24) is 9.55 Å². The highest BCUT2D eigenvalue weighted by Gasteiger charge is 2.14. The third kappa shape index (κ3) is 2.36. The molecule has 100 valence electrons. The van der Waals surface area contributed by atoms with Gasteiger partial charge in [0.25, 0.3) is 0 Å². The summed E-state index contributed by atoms with van der Waals surface area (Å²) < 4.78 is 16.1. The van der Waals surface area contributed by atoms with Crippen molar-refractivity contribution in [3.8, 4) is 0 Å². The molecule has 2 aromatic carbocycles. The molecule has 0 spiro atoms. The molecular weight excluding hydrogens is 323 g/mol. The lowest BCUT2D eigenvalue weighted by Gasteiger charge is -2.05. The van der Waals surface area contributed by atoms with Gasteiger partial charge < -0.3 is 4.57 Å². The van der Waals surface area contributed by atoms with Crippen LogP contribution in [0.25, 0.3) is 11.0 Å². The van der Waals surface area contributed by atoms with Crippen molar-refractivity contribution in [2.75, 3.05) is 0 Å². The lowest BCUT2D eigenvalue weighted by Crippen LogP contribution is -2.11. The third-order valence-electron chi connectivity index (χ3n) is 3.07. The van der Waals surface area contributed by atoms with Gasteiger partial charge in [-0.3, -0.25) is 4.79 Å². The van der Waals surface area contributed by atoms with Crippen LogP contribution in [-0.4, -0.2) is 15.3 Å². The SMILES string of the molecule is O=C(Cn1cnc2ccccc21)c1cc(Br)ccc1F. The molecule has 3 nitrogen and oxygen atoms in total. The first-order valence-electron chi connectivity index (χ1n) is 6.03. The number of aromatic nitrogens is 2. The number of rotatable bonds is 3. The Morgan fingerprint density at radius 1 is 1.25 bits per heavy atom. The monoisotopic (exact) mass is 332 g/mol. The van der Waals surface area contributed by atoms with Gasteiger partial charge in [0.05, 0.1) is 29.5 Å². The molecule has 0 bridgehead atoms. The first kappa shape index (κ1) is 13.0. The van der Waals surface area contributed by atoms with Crippen molar-refractivity contribution in [3.63, 3.8) is 0 Å². The number of para-hydroxylation sites is 2. The van der Waals surface area contributed by atoms with E-state index in [1.54, 1.807) is 17.0 Å². The number of carbonyl (C=O) groups excluding carboxylic acids is 1. The van der Waals surface area contributed by atoms with Gasteiger partial charge in [-0.1, -0.05) is 28.1 Å². The summed E-state index contributed by atoms with van der Waals surface area (Å²) in [6.07, 6.45) is 1.60. The van der Waals surface area contributed by atoms with Crippen LogP contribution in [0.4, 0.5) is 4.39 Å². The average Bonchev–Trinajstić information content (AvgIpc) is 2.85. The number of nitrogens with zero attached hydrogens (tertiary/aromatic N) is 2. The van der Waals surface area contributed by atoms with Crippen molar-refractivity contribution >= 4 is 32.7 Å². The minimum atomic E-state index is -0.511. The van der Waals surface area contributed by atoms with Gasteiger partial charge in [-0.2, -0.15) is 0 Å². The first-order chi connectivity index (χ1) is 9.65. The normalized spacial score (nSPS) is 10.9. The Bertz CT molecular complexity index is 797. The Morgan fingerprint density at radius 2 is 2.05 bits per heavy atom. The largest absolute Gasteiger partial charge is 0.323 e. The Morgan fingerprint density at radius 3 is 2.90 bits per heavy atom. The van der Waals surface area contributed by atoms with Gasteiger partial charge in [0, 0.05) is 4.47 Å². The van der Waals surface area contributed by atoms with E-state index in [-0.39, 0.29) is 17.9 Å². The summed E-state index contributed by atoms with van der Waals surface area (Å²) in [4.78, 5) is 16.4. The topological polar surface area (TPSA) is 34.9 Å². The van der Waals surface area contributed by atoms with E-state index in [1.807, 2.05) is 24.3 Å². The van der Waals surface area contributed by atoms with Gasteiger partial charge in [-0.15, -0.1) is 0 Å². The fourth-order valence-electron chi connectivity index (χ4n) is 2.09. The van der Waals surface area contributed by atoms with Crippen LogP contribution >= 0.6 is 15.9 Å². The van der Waals surface area contributed by atoms with E-state index in [1.165, 1.54) is 12.1 Å². The van der Waals surface area contributed by atoms with Crippen LogP contribution in [0.2, 0.25) is 0 Å². The number of carbonyl (C=O) groups is 1. The number of hydrogen-bond acceptors (Lipinski definition) is 2. The molecule has 0 unspecified atom stereocenters. The summed E-state index contributed by atoms with van der Waals surface area (Å²) in [6.45, 7) is 0.0634. The predicted molar refractivity (Wildman–Crippen MR) is 78.2 cm³/mol. The highest BCUT2D eigenvalue weighted by atomic mass is 79.9. The van der Waals surface area contributed by atoms with Gasteiger partial charge in [-0.05, 0) is 30.3 Å². The van der Waals surface area contributed by atoms with Crippen LogP contribution in [0.5, 0.6) is 0 Å². The summed E-state index contributed by atoms with van der Waals surface area (Å²) in [7, 11) is 0. The maximum atomic E-state index is 13.7. The van der Waals surface area contributed by atoms with Gasteiger partial charge >= 0.3 is 0 Å². The Balaban J connectivity index is 1.94. The predicted octanol–water partition coefficient (Wildman–Crippen LogP) is 3.82. The highest BCUT2D eigenvalue weighted by Crippen LogP contribution is 2.18. The summed E-state index contributed by atoms with van der Waals surface area (Å²) in [6, 6.07) is 11.9. The van der Waals surface area contributed by atoms with Crippen LogP contribution in [0.3, 0.4) is 0 Å². The maximum absolute atomic E-state index is 13.7. The fraction of sp³-hybridized carbons (Fsp3) is 0.0667. The van der Waals surface area contributed by atoms with Crippen LogP contribution in [0.15, 0.2) is 53.3 Å². The summed E-state index contributed by atoms with van der Waals surface area (Å²) in [5.41, 5.74) is 1.75. The molecule has 0 aliphatic rings. The van der Waals surface area contributed by atoms with Gasteiger partial charge in [0.15, 0.2) is 5.78 Å². The van der Waals surface area contributed by atoms with Crippen molar-refractivity contribution in [3.05, 3.63) is 64.6 Å². The standard InChI is InChI=1S/C15H10BrFN2O/c16-10-5-6-12(17)11(7-10)15(20)8-19-9-18-13-3-1-2-4-14(13)19/h1-7,9H,8H2. The second-order valence-electron chi connectivity index (χ2n) is 4.41. The number of imidazole rings is 1. The van der Waals surface area contributed by atoms with E-state index in [4.69, 9.17) is 0 Å². The van der Waals surface area contributed by atoms with Gasteiger partial charge in [-0.25, -0.2) is 9.37 Å². The zero-order valence-electron chi connectivity index (χ0n) is 10.4. The number of hydrogen-bond donors (Lipinski definition) is 0. The smallest absolute Gasteiger partial charge is 0.185 e. The van der Waals surface area contributed by atoms with Crippen LogP contribution in [-0.2, 0) is 6.54 Å². The Labute approximate surface area is 123 Å². The molecule has 3 rings (SSSR count). The molecule has 20 heavy (non-hydrogen) atoms. The molecule has 5 heteroatoms. The quantitative estimate of drug-likeness (QED) is 0.683. The van der Waals surface area contributed by atoms with Gasteiger partial charge in [0.1, 0.15) is 5.82 Å². The maximum Gasteiger partial charge on any atom is 0.185 e. The van der Waals surface area contributed by atoms with Crippen LogP contribution in [0.1, 0.15) is 10.4 Å².